The Balaban J connectivity index is 2.99. The second-order valence-electron chi connectivity index (χ2n) is 2.94. The Morgan fingerprint density at radius 2 is 1.93 bits per heavy atom. The maximum absolute atomic E-state index is 12.3. The van der Waals surface area contributed by atoms with Gasteiger partial charge in [-0.15, -0.1) is 0 Å². The number of carbonyl (C=O) groups excluding carboxylic acids is 1. The minimum absolute atomic E-state index is 0.0619. The molecule has 0 spiro atoms. The first-order valence-corrected chi connectivity index (χ1v) is 4.96. The molecule has 0 radical (unpaired) electrons. The lowest BCUT2D eigenvalue weighted by Gasteiger charge is -2.07. The van der Waals surface area contributed by atoms with E-state index in [4.69, 9.17) is 0 Å². The summed E-state index contributed by atoms with van der Waals surface area (Å²) < 4.78 is 24.6. The van der Waals surface area contributed by atoms with E-state index < -0.39 is 11.3 Å². The number of ketones is 1. The highest BCUT2D eigenvalue weighted by Gasteiger charge is 2.14. The van der Waals surface area contributed by atoms with E-state index in [0.717, 1.165) is 0 Å². The molecule has 4 heteroatoms. The molecule has 1 atom stereocenters. The predicted molar refractivity (Wildman–Crippen MR) is 53.7 cm³/mol. The molecule has 14 heavy (non-hydrogen) atoms. The Bertz CT molecular complexity index is 339. The van der Waals surface area contributed by atoms with Crippen LogP contribution in [0.3, 0.4) is 0 Å². The summed E-state index contributed by atoms with van der Waals surface area (Å²) in [6, 6.07) is 5.85. The second-order valence-corrected chi connectivity index (χ2v) is 3.86. The fourth-order valence-electron chi connectivity index (χ4n) is 1.09. The van der Waals surface area contributed by atoms with Crippen LogP contribution in [0.15, 0.2) is 24.3 Å². The molecular weight excluding hydrogens is 254 g/mol. The van der Waals surface area contributed by atoms with Crippen molar-refractivity contribution in [1.82, 2.24) is 0 Å². The number of Topliss-reactive ketones (excluding diaryl/α,β-unsaturated/α-hetero) is 1. The Hall–Kier alpha value is -0.770. The predicted octanol–water partition coefficient (Wildman–Crippen LogP) is 3.65. The third-order valence-corrected chi connectivity index (χ3v) is 2.99. The number of rotatable bonds is 3. The third kappa shape index (κ3) is 2.61. The lowest BCUT2D eigenvalue weighted by Crippen LogP contribution is -2.01. The molecule has 1 aromatic carbocycles. The molecule has 1 unspecified atom stereocenters. The quantitative estimate of drug-likeness (QED) is 0.761. The number of alkyl halides is 3. The highest BCUT2D eigenvalue weighted by Crippen LogP contribution is 2.27. The summed E-state index contributed by atoms with van der Waals surface area (Å²) in [5, 5.41) is 0. The van der Waals surface area contributed by atoms with Crippen LogP contribution in [0.4, 0.5) is 8.78 Å². The number of carbonyl (C=O) groups is 1. The Kier molecular flexibility index (Phi) is 3.75. The molecule has 0 bridgehead atoms. The van der Waals surface area contributed by atoms with Crippen molar-refractivity contribution in [2.75, 3.05) is 0 Å². The van der Waals surface area contributed by atoms with Crippen LogP contribution in [0.1, 0.15) is 29.3 Å². The number of hydrogen-bond acceptors (Lipinski definition) is 1. The van der Waals surface area contributed by atoms with E-state index in [1.807, 2.05) is 0 Å². The molecule has 0 aliphatic rings. The third-order valence-electron chi connectivity index (χ3n) is 1.81. The van der Waals surface area contributed by atoms with Crippen molar-refractivity contribution in [2.45, 2.75) is 18.2 Å². The van der Waals surface area contributed by atoms with Crippen LogP contribution in [0.25, 0.3) is 0 Å². The molecule has 0 heterocycles. The van der Waals surface area contributed by atoms with Gasteiger partial charge in [0.1, 0.15) is 5.78 Å². The highest BCUT2D eigenvalue weighted by atomic mass is 79.9. The van der Waals surface area contributed by atoms with Gasteiger partial charge in [-0.3, -0.25) is 4.79 Å². The van der Waals surface area contributed by atoms with Crippen molar-refractivity contribution in [3.05, 3.63) is 35.4 Å². The lowest BCUT2D eigenvalue weighted by molar-refractivity contribution is -0.116. The summed E-state index contributed by atoms with van der Waals surface area (Å²) in [5.41, 5.74) is 0.503. The average Bonchev–Trinajstić information content (AvgIpc) is 2.16. The normalized spacial score (nSPS) is 12.9. The minimum Gasteiger partial charge on any atom is -0.298 e. The molecule has 0 aromatic heterocycles. The lowest BCUT2D eigenvalue weighted by atomic mass is 10.1. The van der Waals surface area contributed by atoms with Crippen LogP contribution in [0, 0.1) is 0 Å². The zero-order chi connectivity index (χ0) is 10.7. The van der Waals surface area contributed by atoms with Gasteiger partial charge in [-0.2, -0.15) is 0 Å². The van der Waals surface area contributed by atoms with Gasteiger partial charge in [0.2, 0.25) is 0 Å². The fraction of sp³-hybridized carbons (Fsp3) is 0.300. The minimum atomic E-state index is -2.50. The van der Waals surface area contributed by atoms with Gasteiger partial charge in [-0.25, -0.2) is 8.78 Å². The molecular formula is C10H9BrF2O. The molecule has 0 N–H and O–H groups in total. The van der Waals surface area contributed by atoms with Crippen molar-refractivity contribution < 1.29 is 13.6 Å². The molecule has 1 aromatic rings. The molecule has 0 amide bonds. The van der Waals surface area contributed by atoms with Gasteiger partial charge < -0.3 is 0 Å². The van der Waals surface area contributed by atoms with Crippen molar-refractivity contribution in [3.8, 4) is 0 Å². The van der Waals surface area contributed by atoms with Crippen molar-refractivity contribution in [1.29, 1.82) is 0 Å². The van der Waals surface area contributed by atoms with Crippen molar-refractivity contribution in [3.63, 3.8) is 0 Å². The van der Waals surface area contributed by atoms with Gasteiger partial charge >= 0.3 is 0 Å². The second kappa shape index (κ2) is 4.64. The number of benzene rings is 1. The highest BCUT2D eigenvalue weighted by molar-refractivity contribution is 9.09. The van der Waals surface area contributed by atoms with E-state index in [-0.39, 0.29) is 11.3 Å². The van der Waals surface area contributed by atoms with Crippen LogP contribution in [-0.4, -0.2) is 5.78 Å². The molecule has 0 aliphatic heterocycles. The molecule has 0 aliphatic carbocycles. The van der Waals surface area contributed by atoms with Gasteiger partial charge in [0.15, 0.2) is 0 Å². The molecule has 1 rings (SSSR count). The van der Waals surface area contributed by atoms with Crippen LogP contribution in [0.5, 0.6) is 0 Å². The molecule has 0 fully saturated rings. The molecule has 0 saturated carbocycles. The average molecular weight is 263 g/mol. The Labute approximate surface area is 89.3 Å². The van der Waals surface area contributed by atoms with Crippen molar-refractivity contribution >= 4 is 21.7 Å². The van der Waals surface area contributed by atoms with Crippen LogP contribution < -0.4 is 0 Å². The monoisotopic (exact) mass is 262 g/mol. The molecule has 76 valence electrons. The van der Waals surface area contributed by atoms with Crippen LogP contribution in [0.2, 0.25) is 0 Å². The van der Waals surface area contributed by atoms with E-state index in [1.165, 1.54) is 25.1 Å². The van der Waals surface area contributed by atoms with Crippen LogP contribution in [-0.2, 0) is 4.79 Å². The molecule has 0 saturated heterocycles. The Morgan fingerprint density at radius 1 is 1.36 bits per heavy atom. The summed E-state index contributed by atoms with van der Waals surface area (Å²) in [5.74, 6) is -0.101. The first-order valence-electron chi connectivity index (χ1n) is 4.05. The van der Waals surface area contributed by atoms with E-state index in [0.29, 0.717) is 5.56 Å². The topological polar surface area (TPSA) is 17.1 Å². The van der Waals surface area contributed by atoms with Crippen LogP contribution >= 0.6 is 15.9 Å². The SMILES string of the molecule is CC(=O)C(Br)c1cccc(C(F)F)c1. The summed E-state index contributed by atoms with van der Waals surface area (Å²) in [7, 11) is 0. The zero-order valence-corrected chi connectivity index (χ0v) is 9.09. The maximum atomic E-state index is 12.3. The summed E-state index contributed by atoms with van der Waals surface area (Å²) in [4.78, 5) is 10.5. The van der Waals surface area contributed by atoms with Crippen molar-refractivity contribution in [2.24, 2.45) is 0 Å². The zero-order valence-electron chi connectivity index (χ0n) is 7.51. The fourth-order valence-corrected chi connectivity index (χ4v) is 1.37. The first kappa shape index (κ1) is 11.3. The first-order chi connectivity index (χ1) is 6.52. The van der Waals surface area contributed by atoms with E-state index in [1.54, 1.807) is 6.07 Å². The standard InChI is InChI=1S/C10H9BrF2O/c1-6(14)9(11)7-3-2-4-8(5-7)10(12)13/h2-5,9-10H,1H3. The van der Waals surface area contributed by atoms with Gasteiger partial charge in [0.05, 0.1) is 4.83 Å². The van der Waals surface area contributed by atoms with Gasteiger partial charge in [-0.05, 0) is 18.6 Å². The smallest absolute Gasteiger partial charge is 0.263 e. The number of halogens is 3. The van der Waals surface area contributed by atoms with Gasteiger partial charge in [0, 0.05) is 5.56 Å². The van der Waals surface area contributed by atoms with Gasteiger partial charge in [0.25, 0.3) is 6.43 Å². The summed E-state index contributed by atoms with van der Waals surface area (Å²) in [6.07, 6.45) is -2.50. The van der Waals surface area contributed by atoms with E-state index >= 15 is 0 Å². The van der Waals surface area contributed by atoms with Gasteiger partial charge in [-0.1, -0.05) is 34.1 Å². The molecule has 1 nitrogen and oxygen atoms in total. The Morgan fingerprint density at radius 3 is 2.43 bits per heavy atom. The summed E-state index contributed by atoms with van der Waals surface area (Å²) >= 11 is 3.14. The number of hydrogen-bond donors (Lipinski definition) is 0. The van der Waals surface area contributed by atoms with E-state index in [9.17, 15) is 13.6 Å². The largest absolute Gasteiger partial charge is 0.298 e. The maximum Gasteiger partial charge on any atom is 0.263 e. The van der Waals surface area contributed by atoms with E-state index in [2.05, 4.69) is 15.9 Å². The summed E-state index contributed by atoms with van der Waals surface area (Å²) in [6.45, 7) is 1.41.